The first-order valence-corrected chi connectivity index (χ1v) is 10.4. The predicted molar refractivity (Wildman–Crippen MR) is 116 cm³/mol. The van der Waals surface area contributed by atoms with Gasteiger partial charge in [-0.2, -0.15) is 10.8 Å². The Balaban J connectivity index is 0. The fourth-order valence-electron chi connectivity index (χ4n) is 3.18. The van der Waals surface area contributed by atoms with Crippen LogP contribution < -0.4 is 0 Å². The average Bonchev–Trinajstić information content (AvgIpc) is 2.34. The maximum Gasteiger partial charge on any atom is 0.0125 e. The maximum atomic E-state index is 2.62. The molecule has 155 valence electrons. The zero-order valence-corrected chi connectivity index (χ0v) is 23.1. The van der Waals surface area contributed by atoms with Gasteiger partial charge < -0.3 is 19.3 Å². The van der Waals surface area contributed by atoms with Crippen LogP contribution in [0.15, 0.2) is 0 Å². The first-order chi connectivity index (χ1) is 10.9. The van der Waals surface area contributed by atoms with Gasteiger partial charge in [-0.15, -0.1) is 0 Å². The standard InChI is InChI=1S/C13H27N.C11H22.Y/c1-12(2,3)11-7-9-14(10-8-11)13(4,5)6;1-10(2,3)8-7-9-11(4,5)6;/h11H,7-10H2,1-6H3;8-9H,7H2,1-6H3;/q;-2;. The normalized spacial score (nSPS) is 18.0. The summed E-state index contributed by atoms with van der Waals surface area (Å²) >= 11 is 0. The Kier molecular flexibility index (Phi) is 12.7. The van der Waals surface area contributed by atoms with Gasteiger partial charge in [0.15, 0.2) is 0 Å². The summed E-state index contributed by atoms with van der Waals surface area (Å²) < 4.78 is 0. The molecule has 1 nitrogen and oxygen atoms in total. The van der Waals surface area contributed by atoms with Gasteiger partial charge in [0.1, 0.15) is 0 Å². The van der Waals surface area contributed by atoms with E-state index in [2.05, 4.69) is 101 Å². The third-order valence-electron chi connectivity index (χ3n) is 5.13. The van der Waals surface area contributed by atoms with Crippen LogP contribution in [0.25, 0.3) is 0 Å². The molecule has 0 spiro atoms. The molecule has 0 bridgehead atoms. The van der Waals surface area contributed by atoms with Crippen molar-refractivity contribution in [2.45, 2.75) is 108 Å². The summed E-state index contributed by atoms with van der Waals surface area (Å²) in [6.07, 6.45) is 8.59. The van der Waals surface area contributed by atoms with Crippen molar-refractivity contribution in [3.8, 4) is 0 Å². The van der Waals surface area contributed by atoms with Crippen molar-refractivity contribution in [1.82, 2.24) is 4.90 Å². The van der Waals surface area contributed by atoms with Crippen LogP contribution in [0, 0.1) is 35.0 Å². The summed E-state index contributed by atoms with van der Waals surface area (Å²) in [7, 11) is 0. The zero-order valence-electron chi connectivity index (χ0n) is 20.3. The van der Waals surface area contributed by atoms with Gasteiger partial charge in [-0.1, -0.05) is 62.3 Å². The molecule has 0 aliphatic carbocycles. The molecular weight excluding hydrogens is 391 g/mol. The van der Waals surface area contributed by atoms with Crippen molar-refractivity contribution in [3.05, 3.63) is 12.8 Å². The van der Waals surface area contributed by atoms with Gasteiger partial charge in [0.05, 0.1) is 0 Å². The van der Waals surface area contributed by atoms with Crippen LogP contribution >= 0.6 is 0 Å². The molecule has 0 unspecified atom stereocenters. The number of rotatable bonds is 2. The molecule has 1 fully saturated rings. The number of hydrogen-bond donors (Lipinski definition) is 0. The minimum absolute atomic E-state index is 0. The minimum atomic E-state index is 0. The summed E-state index contributed by atoms with van der Waals surface area (Å²) in [6, 6.07) is 0. The second kappa shape index (κ2) is 11.3. The summed E-state index contributed by atoms with van der Waals surface area (Å²) in [4.78, 5) is 2.62. The summed E-state index contributed by atoms with van der Waals surface area (Å²) in [6.45, 7) is 30.1. The van der Waals surface area contributed by atoms with Gasteiger partial charge in [0, 0.05) is 38.2 Å². The van der Waals surface area contributed by atoms with E-state index in [0.717, 1.165) is 12.3 Å². The molecule has 0 atom stereocenters. The largest absolute Gasteiger partial charge is 0.352 e. The molecule has 0 aromatic heterocycles. The van der Waals surface area contributed by atoms with Crippen LogP contribution in [0.4, 0.5) is 0 Å². The quantitative estimate of drug-likeness (QED) is 0.404. The van der Waals surface area contributed by atoms with Gasteiger partial charge in [-0.25, -0.2) is 0 Å². The second-order valence-electron chi connectivity index (χ2n) is 12.2. The van der Waals surface area contributed by atoms with Gasteiger partial charge >= 0.3 is 0 Å². The van der Waals surface area contributed by atoms with Gasteiger partial charge in [0.25, 0.3) is 0 Å². The molecule has 1 heterocycles. The number of nitrogens with zero attached hydrogens (tertiary/aromatic N) is 1. The molecular formula is C24H49NY-2. The van der Waals surface area contributed by atoms with Crippen molar-refractivity contribution in [3.63, 3.8) is 0 Å². The Hall–Kier alpha value is 1.06. The molecule has 1 aliphatic heterocycles. The first-order valence-electron chi connectivity index (χ1n) is 10.4. The van der Waals surface area contributed by atoms with Crippen LogP contribution in [-0.2, 0) is 32.7 Å². The van der Waals surface area contributed by atoms with Crippen LogP contribution in [-0.4, -0.2) is 23.5 Å². The van der Waals surface area contributed by atoms with E-state index in [-0.39, 0.29) is 32.7 Å². The van der Waals surface area contributed by atoms with Crippen LogP contribution in [0.5, 0.6) is 0 Å². The van der Waals surface area contributed by atoms with Crippen LogP contribution in [0.3, 0.4) is 0 Å². The minimum Gasteiger partial charge on any atom is -0.352 e. The third-order valence-corrected chi connectivity index (χ3v) is 5.13. The molecule has 0 aromatic rings. The molecule has 2 heteroatoms. The smallest absolute Gasteiger partial charge is 0.0125 e. The molecule has 1 aliphatic rings. The second-order valence-corrected chi connectivity index (χ2v) is 12.2. The van der Waals surface area contributed by atoms with Crippen molar-refractivity contribution >= 4 is 0 Å². The molecule has 0 amide bonds. The zero-order chi connectivity index (χ0) is 20.1. The number of hydrogen-bond acceptors (Lipinski definition) is 1. The number of likely N-dealkylation sites (tertiary alicyclic amines) is 1. The van der Waals surface area contributed by atoms with E-state index in [1.165, 1.54) is 25.9 Å². The molecule has 1 saturated heterocycles. The van der Waals surface area contributed by atoms with Crippen LogP contribution in [0.2, 0.25) is 0 Å². The fraction of sp³-hybridized carbons (Fsp3) is 0.917. The van der Waals surface area contributed by atoms with E-state index >= 15 is 0 Å². The Labute approximate surface area is 192 Å². The van der Waals surface area contributed by atoms with E-state index in [0.29, 0.717) is 21.8 Å². The molecule has 0 saturated carbocycles. The monoisotopic (exact) mass is 440 g/mol. The molecule has 0 N–H and O–H groups in total. The van der Waals surface area contributed by atoms with Crippen molar-refractivity contribution in [2.75, 3.05) is 13.1 Å². The Morgan fingerprint density at radius 3 is 1.27 bits per heavy atom. The molecule has 1 radical (unpaired) electrons. The van der Waals surface area contributed by atoms with E-state index in [1.807, 2.05) is 0 Å². The van der Waals surface area contributed by atoms with Gasteiger partial charge in [-0.05, 0) is 58.0 Å². The van der Waals surface area contributed by atoms with E-state index < -0.39 is 0 Å². The molecule has 1 rings (SSSR count). The Bertz CT molecular complexity index is 316. The Morgan fingerprint density at radius 1 is 0.692 bits per heavy atom. The summed E-state index contributed by atoms with van der Waals surface area (Å²) in [5.74, 6) is 0.918. The SMILES string of the molecule is CC(C)(C)C1CCN(C(C)(C)C)CC1.CC(C)(C)[CH-]C[CH-]C(C)(C)C.[Y]. The maximum absolute atomic E-state index is 2.62. The number of piperidine rings is 1. The predicted octanol–water partition coefficient (Wildman–Crippen LogP) is 7.42. The van der Waals surface area contributed by atoms with Crippen molar-refractivity contribution < 1.29 is 32.7 Å². The van der Waals surface area contributed by atoms with Gasteiger partial charge in [0.2, 0.25) is 0 Å². The molecule has 26 heavy (non-hydrogen) atoms. The molecule has 0 aromatic carbocycles. The summed E-state index contributed by atoms with van der Waals surface area (Å²) in [5.41, 5.74) is 1.59. The topological polar surface area (TPSA) is 3.24 Å². The van der Waals surface area contributed by atoms with Crippen LogP contribution in [0.1, 0.15) is 102 Å². The van der Waals surface area contributed by atoms with Crippen molar-refractivity contribution in [1.29, 1.82) is 0 Å². The average molecular weight is 441 g/mol. The van der Waals surface area contributed by atoms with Crippen molar-refractivity contribution in [2.24, 2.45) is 22.2 Å². The van der Waals surface area contributed by atoms with E-state index in [4.69, 9.17) is 0 Å². The third kappa shape index (κ3) is 15.0. The van der Waals surface area contributed by atoms with E-state index in [9.17, 15) is 0 Å². The van der Waals surface area contributed by atoms with Gasteiger partial charge in [-0.3, -0.25) is 4.90 Å². The fourth-order valence-corrected chi connectivity index (χ4v) is 3.18. The first kappa shape index (κ1) is 29.3. The Morgan fingerprint density at radius 2 is 1.04 bits per heavy atom. The summed E-state index contributed by atoms with van der Waals surface area (Å²) in [5, 5.41) is 0. The van der Waals surface area contributed by atoms with E-state index in [1.54, 1.807) is 0 Å².